The van der Waals surface area contributed by atoms with Crippen molar-refractivity contribution in [3.63, 3.8) is 0 Å². The van der Waals surface area contributed by atoms with Crippen LogP contribution in [-0.2, 0) is 6.54 Å². The molecule has 0 aliphatic carbocycles. The minimum atomic E-state index is 0.847. The lowest BCUT2D eigenvalue weighted by Crippen LogP contribution is -2.12. The van der Waals surface area contributed by atoms with Crippen LogP contribution in [0.5, 0.6) is 5.75 Å². The molecule has 0 spiro atoms. The first kappa shape index (κ1) is 9.99. The molecule has 0 unspecified atom stereocenters. The SMILES string of the molecule is CCNCc1cnc(C)c(OC)c1. The summed E-state index contributed by atoms with van der Waals surface area (Å²) in [6, 6.07) is 2.02. The minimum Gasteiger partial charge on any atom is -0.495 e. The number of rotatable bonds is 4. The third-order valence-electron chi connectivity index (χ3n) is 1.90. The normalized spacial score (nSPS) is 10.1. The monoisotopic (exact) mass is 180 g/mol. The van der Waals surface area contributed by atoms with Gasteiger partial charge in [0.05, 0.1) is 12.8 Å². The highest BCUT2D eigenvalue weighted by molar-refractivity contribution is 5.30. The number of nitrogens with one attached hydrogen (secondary N) is 1. The Morgan fingerprint density at radius 1 is 1.54 bits per heavy atom. The van der Waals surface area contributed by atoms with Crippen molar-refractivity contribution < 1.29 is 4.74 Å². The first-order chi connectivity index (χ1) is 6.27. The Morgan fingerprint density at radius 3 is 2.92 bits per heavy atom. The molecule has 0 bridgehead atoms. The van der Waals surface area contributed by atoms with Gasteiger partial charge in [-0.05, 0) is 25.1 Å². The summed E-state index contributed by atoms with van der Waals surface area (Å²) in [4.78, 5) is 4.24. The van der Waals surface area contributed by atoms with Gasteiger partial charge in [-0.15, -0.1) is 0 Å². The van der Waals surface area contributed by atoms with Crippen LogP contribution in [0.3, 0.4) is 0 Å². The molecule has 0 aromatic carbocycles. The Morgan fingerprint density at radius 2 is 2.31 bits per heavy atom. The summed E-state index contributed by atoms with van der Waals surface area (Å²) >= 11 is 0. The van der Waals surface area contributed by atoms with E-state index in [1.807, 2.05) is 19.2 Å². The Bertz CT molecular complexity index is 274. The molecule has 3 nitrogen and oxygen atoms in total. The van der Waals surface area contributed by atoms with Gasteiger partial charge in [0.15, 0.2) is 0 Å². The van der Waals surface area contributed by atoms with Crippen LogP contribution in [0, 0.1) is 6.92 Å². The Labute approximate surface area is 79.1 Å². The van der Waals surface area contributed by atoms with Gasteiger partial charge < -0.3 is 10.1 Å². The maximum Gasteiger partial charge on any atom is 0.140 e. The van der Waals surface area contributed by atoms with Crippen molar-refractivity contribution in [3.05, 3.63) is 23.5 Å². The smallest absolute Gasteiger partial charge is 0.140 e. The molecule has 1 aromatic heterocycles. The van der Waals surface area contributed by atoms with Crippen LogP contribution in [0.4, 0.5) is 0 Å². The summed E-state index contributed by atoms with van der Waals surface area (Å²) in [5.41, 5.74) is 2.09. The third-order valence-corrected chi connectivity index (χ3v) is 1.90. The molecular weight excluding hydrogens is 164 g/mol. The van der Waals surface area contributed by atoms with Crippen LogP contribution in [0.15, 0.2) is 12.3 Å². The van der Waals surface area contributed by atoms with E-state index < -0.39 is 0 Å². The largest absolute Gasteiger partial charge is 0.495 e. The second-order valence-electron chi connectivity index (χ2n) is 2.91. The van der Waals surface area contributed by atoms with Crippen molar-refractivity contribution in [2.75, 3.05) is 13.7 Å². The van der Waals surface area contributed by atoms with Gasteiger partial charge in [-0.3, -0.25) is 4.98 Å². The van der Waals surface area contributed by atoms with E-state index >= 15 is 0 Å². The average molecular weight is 180 g/mol. The van der Waals surface area contributed by atoms with Gasteiger partial charge in [0, 0.05) is 12.7 Å². The lowest BCUT2D eigenvalue weighted by molar-refractivity contribution is 0.408. The van der Waals surface area contributed by atoms with Gasteiger partial charge in [0.1, 0.15) is 5.75 Å². The summed E-state index contributed by atoms with van der Waals surface area (Å²) in [6.07, 6.45) is 1.88. The van der Waals surface area contributed by atoms with Crippen molar-refractivity contribution in [2.24, 2.45) is 0 Å². The zero-order chi connectivity index (χ0) is 9.68. The zero-order valence-corrected chi connectivity index (χ0v) is 8.42. The van der Waals surface area contributed by atoms with Crippen molar-refractivity contribution in [1.29, 1.82) is 0 Å². The highest BCUT2D eigenvalue weighted by Gasteiger charge is 2.00. The first-order valence-corrected chi connectivity index (χ1v) is 4.48. The highest BCUT2D eigenvalue weighted by atomic mass is 16.5. The Hall–Kier alpha value is -1.09. The average Bonchev–Trinajstić information content (AvgIpc) is 2.16. The van der Waals surface area contributed by atoms with Crippen LogP contribution in [0.2, 0.25) is 0 Å². The van der Waals surface area contributed by atoms with E-state index in [9.17, 15) is 0 Å². The van der Waals surface area contributed by atoms with E-state index in [1.165, 1.54) is 0 Å². The van der Waals surface area contributed by atoms with E-state index in [0.29, 0.717) is 0 Å². The number of hydrogen-bond donors (Lipinski definition) is 1. The molecule has 1 rings (SSSR count). The van der Waals surface area contributed by atoms with E-state index in [1.54, 1.807) is 7.11 Å². The quantitative estimate of drug-likeness (QED) is 0.762. The van der Waals surface area contributed by atoms with Crippen LogP contribution < -0.4 is 10.1 Å². The van der Waals surface area contributed by atoms with Gasteiger partial charge in [-0.1, -0.05) is 6.92 Å². The molecule has 0 atom stereocenters. The molecule has 1 aromatic rings. The molecule has 72 valence electrons. The molecule has 13 heavy (non-hydrogen) atoms. The number of nitrogens with zero attached hydrogens (tertiary/aromatic N) is 1. The molecule has 0 aliphatic heterocycles. The molecule has 0 amide bonds. The highest BCUT2D eigenvalue weighted by Crippen LogP contribution is 2.15. The van der Waals surface area contributed by atoms with Crippen molar-refractivity contribution in [1.82, 2.24) is 10.3 Å². The summed E-state index contributed by atoms with van der Waals surface area (Å²) in [5.74, 6) is 0.857. The zero-order valence-electron chi connectivity index (χ0n) is 8.42. The lowest BCUT2D eigenvalue weighted by Gasteiger charge is -2.06. The molecule has 0 fully saturated rings. The van der Waals surface area contributed by atoms with E-state index in [4.69, 9.17) is 4.74 Å². The van der Waals surface area contributed by atoms with E-state index in [2.05, 4.69) is 17.2 Å². The molecule has 1 heterocycles. The molecule has 0 radical (unpaired) electrons. The minimum absolute atomic E-state index is 0.847. The first-order valence-electron chi connectivity index (χ1n) is 4.48. The Balaban J connectivity index is 2.74. The van der Waals surface area contributed by atoms with Gasteiger partial charge in [0.2, 0.25) is 0 Å². The Kier molecular flexibility index (Phi) is 3.71. The predicted molar refractivity (Wildman–Crippen MR) is 52.9 cm³/mol. The fraction of sp³-hybridized carbons (Fsp3) is 0.500. The maximum absolute atomic E-state index is 5.18. The van der Waals surface area contributed by atoms with Gasteiger partial charge in [0.25, 0.3) is 0 Å². The van der Waals surface area contributed by atoms with Crippen LogP contribution >= 0.6 is 0 Å². The predicted octanol–water partition coefficient (Wildman–Crippen LogP) is 1.51. The van der Waals surface area contributed by atoms with Gasteiger partial charge in [-0.2, -0.15) is 0 Å². The molecular formula is C10H16N2O. The number of hydrogen-bond acceptors (Lipinski definition) is 3. The fourth-order valence-corrected chi connectivity index (χ4v) is 1.13. The van der Waals surface area contributed by atoms with E-state index in [0.717, 1.165) is 30.1 Å². The lowest BCUT2D eigenvalue weighted by atomic mass is 10.2. The van der Waals surface area contributed by atoms with Crippen molar-refractivity contribution >= 4 is 0 Å². The van der Waals surface area contributed by atoms with Crippen molar-refractivity contribution in [2.45, 2.75) is 20.4 Å². The molecule has 3 heteroatoms. The van der Waals surface area contributed by atoms with Gasteiger partial charge >= 0.3 is 0 Å². The summed E-state index contributed by atoms with van der Waals surface area (Å²) in [6.45, 7) is 5.84. The fourth-order valence-electron chi connectivity index (χ4n) is 1.13. The number of aromatic nitrogens is 1. The molecule has 0 saturated heterocycles. The van der Waals surface area contributed by atoms with E-state index in [-0.39, 0.29) is 0 Å². The van der Waals surface area contributed by atoms with Crippen LogP contribution in [0.25, 0.3) is 0 Å². The van der Waals surface area contributed by atoms with Crippen LogP contribution in [0.1, 0.15) is 18.2 Å². The molecule has 0 saturated carbocycles. The summed E-state index contributed by atoms with van der Waals surface area (Å²) in [5, 5.41) is 3.24. The topological polar surface area (TPSA) is 34.2 Å². The number of pyridine rings is 1. The number of aryl methyl sites for hydroxylation is 1. The van der Waals surface area contributed by atoms with Crippen molar-refractivity contribution in [3.8, 4) is 5.75 Å². The molecule has 1 N–H and O–H groups in total. The van der Waals surface area contributed by atoms with Crippen LogP contribution in [-0.4, -0.2) is 18.6 Å². The number of methoxy groups -OCH3 is 1. The maximum atomic E-state index is 5.18. The third kappa shape index (κ3) is 2.70. The number of ether oxygens (including phenoxy) is 1. The summed E-state index contributed by atoms with van der Waals surface area (Å²) < 4.78 is 5.18. The second kappa shape index (κ2) is 4.82. The second-order valence-corrected chi connectivity index (χ2v) is 2.91. The van der Waals surface area contributed by atoms with Gasteiger partial charge in [-0.25, -0.2) is 0 Å². The standard InChI is InChI=1S/C10H16N2O/c1-4-11-6-9-5-10(13-3)8(2)12-7-9/h5,7,11H,4,6H2,1-3H3. The summed E-state index contributed by atoms with van der Waals surface area (Å²) in [7, 11) is 1.67. The molecule has 0 aliphatic rings.